The molecule has 0 radical (unpaired) electrons. The first-order valence-corrected chi connectivity index (χ1v) is 8.40. The van der Waals surface area contributed by atoms with Gasteiger partial charge in [0, 0.05) is 33.4 Å². The molecular formula is C18H32IN3O2. The Balaban J connectivity index is 0.00000529. The van der Waals surface area contributed by atoms with E-state index in [4.69, 9.17) is 9.47 Å². The smallest absolute Gasteiger partial charge is 0.190 e. The van der Waals surface area contributed by atoms with Crippen LogP contribution >= 0.6 is 24.0 Å². The van der Waals surface area contributed by atoms with Crippen LogP contribution in [0, 0.1) is 13.8 Å². The van der Waals surface area contributed by atoms with E-state index in [0.29, 0.717) is 6.61 Å². The number of aryl methyl sites for hydroxylation is 2. The van der Waals surface area contributed by atoms with Crippen molar-refractivity contribution in [3.05, 3.63) is 29.3 Å². The summed E-state index contributed by atoms with van der Waals surface area (Å²) in [6.45, 7) is 10.1. The normalized spacial score (nSPS) is 10.9. The predicted molar refractivity (Wildman–Crippen MR) is 112 cm³/mol. The molecule has 0 bridgehead atoms. The quantitative estimate of drug-likeness (QED) is 0.249. The van der Waals surface area contributed by atoms with E-state index in [9.17, 15) is 0 Å². The monoisotopic (exact) mass is 449 g/mol. The van der Waals surface area contributed by atoms with Crippen LogP contribution in [0.3, 0.4) is 0 Å². The number of halogens is 1. The summed E-state index contributed by atoms with van der Waals surface area (Å²) in [7, 11) is 1.78. The number of para-hydroxylation sites is 1. The molecule has 5 nitrogen and oxygen atoms in total. The lowest BCUT2D eigenvalue weighted by Gasteiger charge is -2.14. The molecule has 0 atom stereocenters. The predicted octanol–water partition coefficient (Wildman–Crippen LogP) is 3.28. The van der Waals surface area contributed by atoms with Crippen molar-refractivity contribution in [1.82, 2.24) is 10.6 Å². The summed E-state index contributed by atoms with van der Waals surface area (Å²) in [5, 5.41) is 6.57. The molecule has 0 aliphatic rings. The van der Waals surface area contributed by atoms with Gasteiger partial charge in [0.15, 0.2) is 5.96 Å². The van der Waals surface area contributed by atoms with E-state index in [-0.39, 0.29) is 24.0 Å². The van der Waals surface area contributed by atoms with E-state index in [1.165, 1.54) is 11.1 Å². The van der Waals surface area contributed by atoms with E-state index >= 15 is 0 Å². The van der Waals surface area contributed by atoms with Crippen molar-refractivity contribution in [3.63, 3.8) is 0 Å². The maximum Gasteiger partial charge on any atom is 0.190 e. The van der Waals surface area contributed by atoms with Gasteiger partial charge in [-0.1, -0.05) is 18.2 Å². The molecule has 0 aliphatic carbocycles. The number of benzene rings is 1. The van der Waals surface area contributed by atoms with E-state index < -0.39 is 0 Å². The maximum absolute atomic E-state index is 5.89. The number of guanidine groups is 1. The van der Waals surface area contributed by atoms with Crippen molar-refractivity contribution in [2.45, 2.75) is 33.6 Å². The lowest BCUT2D eigenvalue weighted by Crippen LogP contribution is -2.38. The number of hydrogen-bond acceptors (Lipinski definition) is 3. The van der Waals surface area contributed by atoms with Gasteiger partial charge in [0.25, 0.3) is 0 Å². The van der Waals surface area contributed by atoms with Gasteiger partial charge in [-0.2, -0.15) is 0 Å². The Morgan fingerprint density at radius 2 is 1.62 bits per heavy atom. The summed E-state index contributed by atoms with van der Waals surface area (Å²) >= 11 is 0. The highest BCUT2D eigenvalue weighted by Crippen LogP contribution is 2.22. The third kappa shape index (κ3) is 9.32. The molecule has 138 valence electrons. The molecule has 6 heteroatoms. The van der Waals surface area contributed by atoms with Crippen molar-refractivity contribution in [2.75, 3.05) is 40.0 Å². The summed E-state index contributed by atoms with van der Waals surface area (Å²) in [4.78, 5) is 4.20. The Hall–Kier alpha value is -1.02. The van der Waals surface area contributed by atoms with Gasteiger partial charge < -0.3 is 20.1 Å². The topological polar surface area (TPSA) is 54.9 Å². The fraction of sp³-hybridized carbons (Fsp3) is 0.611. The minimum atomic E-state index is 0. The maximum atomic E-state index is 5.89. The third-order valence-electron chi connectivity index (χ3n) is 3.45. The second kappa shape index (κ2) is 14.3. The number of nitrogens with zero attached hydrogens (tertiary/aromatic N) is 1. The third-order valence-corrected chi connectivity index (χ3v) is 3.45. The Morgan fingerprint density at radius 3 is 2.17 bits per heavy atom. The molecule has 0 saturated carbocycles. The van der Waals surface area contributed by atoms with Crippen LogP contribution in [-0.2, 0) is 4.74 Å². The van der Waals surface area contributed by atoms with Crippen molar-refractivity contribution in [2.24, 2.45) is 4.99 Å². The fourth-order valence-corrected chi connectivity index (χ4v) is 2.23. The zero-order valence-electron chi connectivity index (χ0n) is 15.4. The molecule has 0 heterocycles. The van der Waals surface area contributed by atoms with E-state index in [1.54, 1.807) is 7.05 Å². The van der Waals surface area contributed by atoms with Crippen LogP contribution < -0.4 is 15.4 Å². The molecule has 24 heavy (non-hydrogen) atoms. The summed E-state index contributed by atoms with van der Waals surface area (Å²) in [5.74, 6) is 1.83. The van der Waals surface area contributed by atoms with Gasteiger partial charge in [-0.15, -0.1) is 24.0 Å². The Bertz CT molecular complexity index is 461. The van der Waals surface area contributed by atoms with E-state index in [0.717, 1.165) is 50.9 Å². The number of rotatable bonds is 10. The number of hydrogen-bond donors (Lipinski definition) is 2. The molecule has 1 aromatic rings. The highest BCUT2D eigenvalue weighted by atomic mass is 127. The number of nitrogens with one attached hydrogen (secondary N) is 2. The second-order valence-corrected chi connectivity index (χ2v) is 5.40. The zero-order chi connectivity index (χ0) is 16.9. The van der Waals surface area contributed by atoms with Crippen molar-refractivity contribution >= 4 is 29.9 Å². The first kappa shape index (κ1) is 23.0. The Morgan fingerprint density at radius 1 is 1.04 bits per heavy atom. The summed E-state index contributed by atoms with van der Waals surface area (Å²) in [6.07, 6.45) is 1.90. The van der Waals surface area contributed by atoms with Gasteiger partial charge >= 0.3 is 0 Å². The molecule has 2 N–H and O–H groups in total. The van der Waals surface area contributed by atoms with Gasteiger partial charge in [0.2, 0.25) is 0 Å². The molecule has 0 amide bonds. The van der Waals surface area contributed by atoms with Crippen LogP contribution in [0.5, 0.6) is 5.75 Å². The minimum Gasteiger partial charge on any atom is -0.493 e. The van der Waals surface area contributed by atoms with Crippen LogP contribution in [0.2, 0.25) is 0 Å². The minimum absolute atomic E-state index is 0. The average Bonchev–Trinajstić information content (AvgIpc) is 2.54. The van der Waals surface area contributed by atoms with Crippen LogP contribution in [0.25, 0.3) is 0 Å². The standard InChI is InChI=1S/C18H31N3O2.HI/c1-5-22-13-7-11-20-18(19-4)21-12-8-14-23-17-15(2)9-6-10-16(17)3;/h6,9-10H,5,7-8,11-14H2,1-4H3,(H2,19,20,21);1H. The molecule has 1 rings (SSSR count). The second-order valence-electron chi connectivity index (χ2n) is 5.40. The van der Waals surface area contributed by atoms with Gasteiger partial charge in [-0.3, -0.25) is 4.99 Å². The van der Waals surface area contributed by atoms with Gasteiger partial charge in [-0.25, -0.2) is 0 Å². The molecule has 0 unspecified atom stereocenters. The number of ether oxygens (including phenoxy) is 2. The van der Waals surface area contributed by atoms with Crippen molar-refractivity contribution < 1.29 is 9.47 Å². The van der Waals surface area contributed by atoms with E-state index in [2.05, 4.69) is 47.7 Å². The van der Waals surface area contributed by atoms with Crippen molar-refractivity contribution in [1.29, 1.82) is 0 Å². The van der Waals surface area contributed by atoms with Crippen LogP contribution in [0.4, 0.5) is 0 Å². The summed E-state index contributed by atoms with van der Waals surface area (Å²) in [6, 6.07) is 6.21. The lowest BCUT2D eigenvalue weighted by atomic mass is 10.1. The number of aliphatic imine (C=N–C) groups is 1. The average molecular weight is 449 g/mol. The lowest BCUT2D eigenvalue weighted by molar-refractivity contribution is 0.145. The van der Waals surface area contributed by atoms with E-state index in [1.807, 2.05) is 6.92 Å². The molecule has 0 aliphatic heterocycles. The van der Waals surface area contributed by atoms with Gasteiger partial charge in [-0.05, 0) is 44.7 Å². The Kier molecular flexibility index (Phi) is 13.7. The first-order valence-electron chi connectivity index (χ1n) is 8.40. The van der Waals surface area contributed by atoms with Crippen LogP contribution in [-0.4, -0.2) is 45.9 Å². The van der Waals surface area contributed by atoms with Crippen LogP contribution in [0.1, 0.15) is 30.9 Å². The molecular weight excluding hydrogens is 417 g/mol. The molecule has 0 spiro atoms. The molecule has 1 aromatic carbocycles. The fourth-order valence-electron chi connectivity index (χ4n) is 2.23. The molecule has 0 saturated heterocycles. The summed E-state index contributed by atoms with van der Waals surface area (Å²) in [5.41, 5.74) is 2.37. The highest BCUT2D eigenvalue weighted by molar-refractivity contribution is 14.0. The van der Waals surface area contributed by atoms with Gasteiger partial charge in [0.05, 0.1) is 6.61 Å². The van der Waals surface area contributed by atoms with Crippen LogP contribution in [0.15, 0.2) is 23.2 Å². The first-order chi connectivity index (χ1) is 11.2. The summed E-state index contributed by atoms with van der Waals surface area (Å²) < 4.78 is 11.2. The molecule has 0 aromatic heterocycles. The molecule has 0 fully saturated rings. The highest BCUT2D eigenvalue weighted by Gasteiger charge is 2.03. The van der Waals surface area contributed by atoms with Gasteiger partial charge in [0.1, 0.15) is 5.75 Å². The Labute approximate surface area is 163 Å². The largest absolute Gasteiger partial charge is 0.493 e. The SMILES string of the molecule is CCOCCCNC(=NC)NCCCOc1c(C)cccc1C.I. The zero-order valence-corrected chi connectivity index (χ0v) is 17.7. The van der Waals surface area contributed by atoms with Crippen molar-refractivity contribution in [3.8, 4) is 5.75 Å².